The van der Waals surface area contributed by atoms with Gasteiger partial charge in [-0.05, 0) is 87.3 Å². The molecule has 0 fully saturated rings. The number of fused-ring (bicyclic) bond motifs is 4. The van der Waals surface area contributed by atoms with Gasteiger partial charge < -0.3 is 9.32 Å². The van der Waals surface area contributed by atoms with Crippen LogP contribution >= 0.6 is 0 Å². The second-order valence-corrected chi connectivity index (χ2v) is 13.0. The fourth-order valence-electron chi connectivity index (χ4n) is 7.22. The van der Waals surface area contributed by atoms with E-state index in [1.165, 1.54) is 38.7 Å². The molecule has 0 saturated heterocycles. The predicted molar refractivity (Wildman–Crippen MR) is 207 cm³/mol. The van der Waals surface area contributed by atoms with E-state index >= 15 is 0 Å². The van der Waals surface area contributed by atoms with Crippen LogP contribution in [0.5, 0.6) is 0 Å². The highest BCUT2D eigenvalue weighted by Crippen LogP contribution is 2.39. The zero-order valence-electron chi connectivity index (χ0n) is 27.4. The molecule has 1 atom stereocenters. The molecule has 49 heavy (non-hydrogen) atoms. The minimum atomic E-state index is 0.538. The van der Waals surface area contributed by atoms with Crippen LogP contribution in [-0.2, 0) is 0 Å². The van der Waals surface area contributed by atoms with Gasteiger partial charge >= 0.3 is 0 Å². The lowest BCUT2D eigenvalue weighted by molar-refractivity contribution is 0.670. The molecule has 0 N–H and O–H groups in total. The summed E-state index contributed by atoms with van der Waals surface area (Å²) in [7, 11) is 0. The molecule has 234 valence electrons. The number of hydrogen-bond acceptors (Lipinski definition) is 2. The van der Waals surface area contributed by atoms with Crippen molar-refractivity contribution in [2.24, 2.45) is 5.92 Å². The van der Waals surface area contributed by atoms with Gasteiger partial charge in [0.25, 0.3) is 0 Å². The van der Waals surface area contributed by atoms with Crippen molar-refractivity contribution in [3.63, 3.8) is 0 Å². The Morgan fingerprint density at radius 2 is 1.06 bits per heavy atom. The molecule has 9 rings (SSSR count). The summed E-state index contributed by atoms with van der Waals surface area (Å²) in [5.41, 5.74) is 12.4. The zero-order chi connectivity index (χ0) is 32.7. The van der Waals surface area contributed by atoms with E-state index in [9.17, 15) is 0 Å². The van der Waals surface area contributed by atoms with E-state index in [1.807, 2.05) is 12.1 Å². The number of nitrogens with zero attached hydrogens (tertiary/aromatic N) is 1. The van der Waals surface area contributed by atoms with Crippen LogP contribution in [0.4, 0.5) is 11.4 Å². The number of anilines is 2. The standard InChI is InChI=1S/C47H35NO/c1-32-16-26-38(27-17-32)48(40-30-24-37(25-31-40)43-13-7-14-45-44-11-4-5-15-46(44)49-47(43)45)39-28-22-34(23-29-39)33-18-20-36(21-19-33)42-12-6-9-35-8-2-3-10-41(35)42/h2-16,18-32H,17H2,1H3. The average molecular weight is 630 g/mol. The summed E-state index contributed by atoms with van der Waals surface area (Å²) in [6.07, 6.45) is 7.95. The quantitative estimate of drug-likeness (QED) is 0.182. The van der Waals surface area contributed by atoms with Gasteiger partial charge in [0.15, 0.2) is 0 Å². The Morgan fingerprint density at radius 3 is 1.80 bits per heavy atom. The molecule has 1 aliphatic carbocycles. The molecule has 1 aromatic heterocycles. The van der Waals surface area contributed by atoms with Crippen LogP contribution in [0.15, 0.2) is 186 Å². The molecular weight excluding hydrogens is 595 g/mol. The van der Waals surface area contributed by atoms with Crippen molar-refractivity contribution in [2.45, 2.75) is 13.3 Å². The molecule has 0 radical (unpaired) electrons. The van der Waals surface area contributed by atoms with Crippen molar-refractivity contribution in [3.8, 4) is 33.4 Å². The summed E-state index contributed by atoms with van der Waals surface area (Å²) in [4.78, 5) is 2.36. The summed E-state index contributed by atoms with van der Waals surface area (Å²) in [6.45, 7) is 2.27. The third kappa shape index (κ3) is 5.32. The monoisotopic (exact) mass is 629 g/mol. The number of para-hydroxylation sites is 2. The number of furan rings is 1. The first-order valence-electron chi connectivity index (χ1n) is 17.1. The highest BCUT2D eigenvalue weighted by Gasteiger charge is 2.18. The Balaban J connectivity index is 1.04. The van der Waals surface area contributed by atoms with E-state index in [1.54, 1.807) is 0 Å². The van der Waals surface area contributed by atoms with Crippen molar-refractivity contribution in [2.75, 3.05) is 4.90 Å². The number of benzene rings is 7. The summed E-state index contributed by atoms with van der Waals surface area (Å²) < 4.78 is 6.36. The van der Waals surface area contributed by atoms with Gasteiger partial charge in [0.2, 0.25) is 0 Å². The predicted octanol–water partition coefficient (Wildman–Crippen LogP) is 13.4. The SMILES string of the molecule is CC1C=CC(N(c2ccc(-c3ccc(-c4cccc5ccccc45)cc3)cc2)c2ccc(-c3cccc4c3oc3ccccc34)cc2)=CC1. The molecule has 0 amide bonds. The van der Waals surface area contributed by atoms with Crippen LogP contribution in [-0.4, -0.2) is 0 Å². The van der Waals surface area contributed by atoms with Crippen molar-refractivity contribution >= 4 is 44.1 Å². The van der Waals surface area contributed by atoms with Gasteiger partial charge in [0, 0.05) is 33.4 Å². The largest absolute Gasteiger partial charge is 0.455 e. The Kier molecular flexibility index (Phi) is 7.21. The van der Waals surface area contributed by atoms with Crippen LogP contribution in [0.25, 0.3) is 66.1 Å². The van der Waals surface area contributed by atoms with Crippen LogP contribution in [0, 0.1) is 5.92 Å². The molecule has 2 heteroatoms. The molecule has 0 bridgehead atoms. The average Bonchev–Trinajstić information content (AvgIpc) is 3.55. The summed E-state index contributed by atoms with van der Waals surface area (Å²) in [5.74, 6) is 0.538. The van der Waals surface area contributed by atoms with Crippen molar-refractivity contribution < 1.29 is 4.42 Å². The molecule has 1 heterocycles. The molecule has 0 saturated carbocycles. The molecule has 1 unspecified atom stereocenters. The molecule has 2 nitrogen and oxygen atoms in total. The maximum absolute atomic E-state index is 6.36. The number of rotatable bonds is 6. The Morgan fingerprint density at radius 1 is 0.510 bits per heavy atom. The summed E-state index contributed by atoms with van der Waals surface area (Å²) in [6, 6.07) is 56.6. The fourth-order valence-corrected chi connectivity index (χ4v) is 7.22. The molecule has 7 aromatic carbocycles. The minimum absolute atomic E-state index is 0.538. The highest BCUT2D eigenvalue weighted by molar-refractivity contribution is 6.09. The van der Waals surface area contributed by atoms with Gasteiger partial charge in [-0.1, -0.05) is 146 Å². The Labute approximate surface area is 286 Å². The van der Waals surface area contributed by atoms with Crippen molar-refractivity contribution in [1.82, 2.24) is 0 Å². The van der Waals surface area contributed by atoms with E-state index in [4.69, 9.17) is 4.42 Å². The number of allylic oxidation sites excluding steroid dienone is 3. The minimum Gasteiger partial charge on any atom is -0.455 e. The molecular formula is C47H35NO. The topological polar surface area (TPSA) is 16.4 Å². The second-order valence-electron chi connectivity index (χ2n) is 13.0. The maximum Gasteiger partial charge on any atom is 0.143 e. The van der Waals surface area contributed by atoms with Crippen molar-refractivity contribution in [3.05, 3.63) is 182 Å². The van der Waals surface area contributed by atoms with E-state index in [-0.39, 0.29) is 0 Å². The lowest BCUT2D eigenvalue weighted by Crippen LogP contribution is -2.17. The lowest BCUT2D eigenvalue weighted by atomic mass is 9.96. The van der Waals surface area contributed by atoms with Gasteiger partial charge in [-0.25, -0.2) is 0 Å². The molecule has 8 aromatic rings. The first-order chi connectivity index (χ1) is 24.2. The molecule has 0 spiro atoms. The number of hydrogen-bond donors (Lipinski definition) is 0. The van der Waals surface area contributed by atoms with Gasteiger partial charge in [-0.15, -0.1) is 0 Å². The first-order valence-corrected chi connectivity index (χ1v) is 17.1. The lowest BCUT2D eigenvalue weighted by Gasteiger charge is -2.29. The third-order valence-electron chi connectivity index (χ3n) is 9.84. The molecule has 1 aliphatic rings. The van der Waals surface area contributed by atoms with Crippen LogP contribution in [0.1, 0.15) is 13.3 Å². The smallest absolute Gasteiger partial charge is 0.143 e. The van der Waals surface area contributed by atoms with E-state index in [0.29, 0.717) is 5.92 Å². The van der Waals surface area contributed by atoms with Gasteiger partial charge in [-0.3, -0.25) is 0 Å². The van der Waals surface area contributed by atoms with Crippen LogP contribution in [0.2, 0.25) is 0 Å². The fraction of sp³-hybridized carbons (Fsp3) is 0.0638. The van der Waals surface area contributed by atoms with E-state index in [2.05, 4.69) is 176 Å². The second kappa shape index (κ2) is 12.2. The van der Waals surface area contributed by atoms with Gasteiger partial charge in [0.1, 0.15) is 11.2 Å². The van der Waals surface area contributed by atoms with E-state index < -0.39 is 0 Å². The third-order valence-corrected chi connectivity index (χ3v) is 9.84. The van der Waals surface area contributed by atoms with Crippen LogP contribution < -0.4 is 4.90 Å². The molecule has 0 aliphatic heterocycles. The summed E-state index contributed by atoms with van der Waals surface area (Å²) in [5, 5.41) is 4.84. The van der Waals surface area contributed by atoms with Gasteiger partial charge in [-0.2, -0.15) is 0 Å². The zero-order valence-corrected chi connectivity index (χ0v) is 27.4. The maximum atomic E-state index is 6.36. The Hall–Kier alpha value is -6.12. The van der Waals surface area contributed by atoms with E-state index in [0.717, 1.165) is 50.9 Å². The first kappa shape index (κ1) is 29.1. The van der Waals surface area contributed by atoms with Crippen LogP contribution in [0.3, 0.4) is 0 Å². The van der Waals surface area contributed by atoms with Crippen molar-refractivity contribution in [1.29, 1.82) is 0 Å². The normalized spacial score (nSPS) is 14.4. The summed E-state index contributed by atoms with van der Waals surface area (Å²) >= 11 is 0. The highest BCUT2D eigenvalue weighted by atomic mass is 16.3. The Bertz CT molecular complexity index is 2510. The van der Waals surface area contributed by atoms with Gasteiger partial charge in [0.05, 0.1) is 0 Å².